The van der Waals surface area contributed by atoms with Gasteiger partial charge in [-0.15, -0.1) is 0 Å². The average Bonchev–Trinajstić information content (AvgIpc) is 2.12. The van der Waals surface area contributed by atoms with Gasteiger partial charge in [0.2, 0.25) is 0 Å². The Morgan fingerprint density at radius 2 is 2.00 bits per heavy atom. The molecule has 0 aliphatic carbocycles. The zero-order valence-corrected chi connectivity index (χ0v) is 9.17. The lowest BCUT2D eigenvalue weighted by Crippen LogP contribution is -2.15. The van der Waals surface area contributed by atoms with Crippen LogP contribution in [-0.4, -0.2) is 12.4 Å². The van der Waals surface area contributed by atoms with E-state index in [0.717, 1.165) is 18.8 Å². The van der Waals surface area contributed by atoms with Crippen LogP contribution in [0.15, 0.2) is 23.2 Å². The first-order valence-electron chi connectivity index (χ1n) is 4.98. The monoisotopic (exact) mass is 190 g/mol. The van der Waals surface area contributed by atoms with Crippen molar-refractivity contribution >= 4 is 5.84 Å². The lowest BCUT2D eigenvalue weighted by atomic mass is 10.0. The van der Waals surface area contributed by atoms with Gasteiger partial charge >= 0.3 is 0 Å². The molecule has 0 fully saturated rings. The van der Waals surface area contributed by atoms with Crippen LogP contribution in [0.1, 0.15) is 23.6 Å². The summed E-state index contributed by atoms with van der Waals surface area (Å²) in [5.74, 6) is 0.718. The van der Waals surface area contributed by atoms with Gasteiger partial charge < -0.3 is 5.73 Å². The van der Waals surface area contributed by atoms with Crippen LogP contribution in [0, 0.1) is 13.8 Å². The molecule has 0 aliphatic heterocycles. The fraction of sp³-hybridized carbons (Fsp3) is 0.417. The summed E-state index contributed by atoms with van der Waals surface area (Å²) >= 11 is 0. The van der Waals surface area contributed by atoms with E-state index in [-0.39, 0.29) is 0 Å². The molecule has 0 amide bonds. The SMILES string of the molecule is CCN=C(N)Cc1ccc(C)c(C)c1. The minimum absolute atomic E-state index is 0.718. The van der Waals surface area contributed by atoms with E-state index < -0.39 is 0 Å². The maximum atomic E-state index is 5.75. The predicted octanol–water partition coefficient (Wildman–Crippen LogP) is 2.22. The molecular weight excluding hydrogens is 172 g/mol. The largest absolute Gasteiger partial charge is 0.387 e. The molecule has 0 spiro atoms. The van der Waals surface area contributed by atoms with Gasteiger partial charge in [0.25, 0.3) is 0 Å². The molecule has 1 aromatic rings. The first-order chi connectivity index (χ1) is 6.63. The molecule has 1 rings (SSSR count). The molecule has 1 aromatic carbocycles. The van der Waals surface area contributed by atoms with Crippen molar-refractivity contribution in [1.82, 2.24) is 0 Å². The number of aryl methyl sites for hydroxylation is 2. The Morgan fingerprint density at radius 3 is 2.57 bits per heavy atom. The van der Waals surface area contributed by atoms with Gasteiger partial charge in [-0.05, 0) is 37.5 Å². The number of aliphatic imine (C=N–C) groups is 1. The molecule has 0 radical (unpaired) electrons. The Balaban J connectivity index is 2.78. The van der Waals surface area contributed by atoms with Crippen LogP contribution in [-0.2, 0) is 6.42 Å². The molecule has 0 atom stereocenters. The zero-order chi connectivity index (χ0) is 10.6. The van der Waals surface area contributed by atoms with Crippen molar-refractivity contribution in [3.8, 4) is 0 Å². The standard InChI is InChI=1S/C12H18N2/c1-4-14-12(13)8-11-6-5-9(2)10(3)7-11/h5-7H,4,8H2,1-3H3,(H2,13,14). The van der Waals surface area contributed by atoms with E-state index in [1.807, 2.05) is 6.92 Å². The van der Waals surface area contributed by atoms with Crippen molar-refractivity contribution in [2.75, 3.05) is 6.54 Å². The fourth-order valence-electron chi connectivity index (χ4n) is 1.38. The number of amidine groups is 1. The molecule has 14 heavy (non-hydrogen) atoms. The highest BCUT2D eigenvalue weighted by atomic mass is 14.8. The van der Waals surface area contributed by atoms with Gasteiger partial charge in [-0.2, -0.15) is 0 Å². The number of nitrogens with two attached hydrogens (primary N) is 1. The maximum absolute atomic E-state index is 5.75. The van der Waals surface area contributed by atoms with E-state index in [1.165, 1.54) is 16.7 Å². The van der Waals surface area contributed by atoms with Gasteiger partial charge in [-0.25, -0.2) is 0 Å². The number of hydrogen-bond acceptors (Lipinski definition) is 1. The topological polar surface area (TPSA) is 38.4 Å². The smallest absolute Gasteiger partial charge is 0.0981 e. The Morgan fingerprint density at radius 1 is 1.29 bits per heavy atom. The van der Waals surface area contributed by atoms with Gasteiger partial charge in [0.05, 0.1) is 5.84 Å². The van der Waals surface area contributed by atoms with Crippen LogP contribution in [0.25, 0.3) is 0 Å². The third-order valence-electron chi connectivity index (χ3n) is 2.32. The van der Waals surface area contributed by atoms with Gasteiger partial charge in [0, 0.05) is 13.0 Å². The molecular formula is C12H18N2. The summed E-state index contributed by atoms with van der Waals surface area (Å²) in [4.78, 5) is 4.17. The molecule has 2 nitrogen and oxygen atoms in total. The van der Waals surface area contributed by atoms with Gasteiger partial charge in [0.1, 0.15) is 0 Å². The molecule has 2 N–H and O–H groups in total. The first kappa shape index (κ1) is 10.8. The molecule has 2 heteroatoms. The summed E-state index contributed by atoms with van der Waals surface area (Å²) in [5.41, 5.74) is 9.62. The van der Waals surface area contributed by atoms with Crippen LogP contribution >= 0.6 is 0 Å². The van der Waals surface area contributed by atoms with E-state index in [1.54, 1.807) is 0 Å². The lowest BCUT2D eigenvalue weighted by Gasteiger charge is -2.04. The van der Waals surface area contributed by atoms with Crippen LogP contribution < -0.4 is 5.73 Å². The minimum Gasteiger partial charge on any atom is -0.387 e. The highest BCUT2D eigenvalue weighted by Gasteiger charge is 1.98. The fourth-order valence-corrected chi connectivity index (χ4v) is 1.38. The van der Waals surface area contributed by atoms with E-state index in [9.17, 15) is 0 Å². The maximum Gasteiger partial charge on any atom is 0.0981 e. The number of nitrogens with zero attached hydrogens (tertiary/aromatic N) is 1. The van der Waals surface area contributed by atoms with E-state index in [2.05, 4.69) is 37.0 Å². The molecule has 0 unspecified atom stereocenters. The third kappa shape index (κ3) is 2.87. The number of hydrogen-bond donors (Lipinski definition) is 1. The summed E-state index contributed by atoms with van der Waals surface area (Å²) in [5, 5.41) is 0. The summed E-state index contributed by atoms with van der Waals surface area (Å²) < 4.78 is 0. The van der Waals surface area contributed by atoms with Crippen molar-refractivity contribution in [3.63, 3.8) is 0 Å². The van der Waals surface area contributed by atoms with E-state index >= 15 is 0 Å². The molecule has 0 aliphatic rings. The molecule has 0 saturated carbocycles. The van der Waals surface area contributed by atoms with Crippen molar-refractivity contribution in [3.05, 3.63) is 34.9 Å². The second kappa shape index (κ2) is 4.80. The molecule has 0 bridgehead atoms. The van der Waals surface area contributed by atoms with E-state index in [4.69, 9.17) is 5.73 Å². The zero-order valence-electron chi connectivity index (χ0n) is 9.17. The Labute approximate surface area is 85.9 Å². The van der Waals surface area contributed by atoms with E-state index in [0.29, 0.717) is 0 Å². The highest BCUT2D eigenvalue weighted by Crippen LogP contribution is 2.10. The summed E-state index contributed by atoms with van der Waals surface area (Å²) in [6.45, 7) is 6.98. The first-order valence-corrected chi connectivity index (χ1v) is 4.98. The Hall–Kier alpha value is -1.31. The van der Waals surface area contributed by atoms with Gasteiger partial charge in [0.15, 0.2) is 0 Å². The average molecular weight is 190 g/mol. The third-order valence-corrected chi connectivity index (χ3v) is 2.32. The van der Waals surface area contributed by atoms with Crippen molar-refractivity contribution in [2.24, 2.45) is 10.7 Å². The summed E-state index contributed by atoms with van der Waals surface area (Å²) in [6, 6.07) is 6.41. The van der Waals surface area contributed by atoms with Gasteiger partial charge in [-0.1, -0.05) is 18.2 Å². The predicted molar refractivity (Wildman–Crippen MR) is 61.8 cm³/mol. The second-order valence-corrected chi connectivity index (χ2v) is 3.56. The minimum atomic E-state index is 0.718. The highest BCUT2D eigenvalue weighted by molar-refractivity contribution is 5.82. The quantitative estimate of drug-likeness (QED) is 0.576. The van der Waals surface area contributed by atoms with Crippen LogP contribution in [0.2, 0.25) is 0 Å². The molecule has 76 valence electrons. The molecule has 0 heterocycles. The number of benzene rings is 1. The van der Waals surface area contributed by atoms with Crippen molar-refractivity contribution < 1.29 is 0 Å². The van der Waals surface area contributed by atoms with Crippen LogP contribution in [0.5, 0.6) is 0 Å². The van der Waals surface area contributed by atoms with Crippen LogP contribution in [0.4, 0.5) is 0 Å². The van der Waals surface area contributed by atoms with Gasteiger partial charge in [-0.3, -0.25) is 4.99 Å². The molecule has 0 saturated heterocycles. The van der Waals surface area contributed by atoms with Crippen molar-refractivity contribution in [1.29, 1.82) is 0 Å². The Bertz CT molecular complexity index is 340. The number of rotatable bonds is 3. The summed E-state index contributed by atoms with van der Waals surface area (Å²) in [7, 11) is 0. The summed E-state index contributed by atoms with van der Waals surface area (Å²) in [6.07, 6.45) is 0.759. The normalized spacial score (nSPS) is 11.8. The lowest BCUT2D eigenvalue weighted by molar-refractivity contribution is 1.09. The Kier molecular flexibility index (Phi) is 3.69. The van der Waals surface area contributed by atoms with Crippen molar-refractivity contribution in [2.45, 2.75) is 27.2 Å². The van der Waals surface area contributed by atoms with Crippen LogP contribution in [0.3, 0.4) is 0 Å². The molecule has 0 aromatic heterocycles. The second-order valence-electron chi connectivity index (χ2n) is 3.56.